The number of sulfonamides is 1. The van der Waals surface area contributed by atoms with Crippen molar-refractivity contribution in [3.8, 4) is 0 Å². The number of aliphatic hydroxyl groups excluding tert-OH is 1. The van der Waals surface area contributed by atoms with Gasteiger partial charge in [-0.3, -0.25) is 0 Å². The zero-order valence-corrected chi connectivity index (χ0v) is 12.1. The Morgan fingerprint density at radius 1 is 1.25 bits per heavy atom. The van der Waals surface area contributed by atoms with Crippen molar-refractivity contribution in [1.29, 1.82) is 0 Å². The van der Waals surface area contributed by atoms with Crippen molar-refractivity contribution >= 4 is 21.4 Å². The molecule has 2 aromatic rings. The van der Waals surface area contributed by atoms with E-state index in [1.54, 1.807) is 6.07 Å². The maximum absolute atomic E-state index is 12.7. The quantitative estimate of drug-likeness (QED) is 0.859. The van der Waals surface area contributed by atoms with Crippen LogP contribution in [0.5, 0.6) is 0 Å². The van der Waals surface area contributed by atoms with E-state index in [-0.39, 0.29) is 17.9 Å². The minimum atomic E-state index is -3.67. The average molecular weight is 315 g/mol. The molecular weight excluding hydrogens is 301 g/mol. The van der Waals surface area contributed by atoms with Crippen molar-refractivity contribution in [2.75, 3.05) is 6.54 Å². The molecule has 0 radical (unpaired) electrons. The highest BCUT2D eigenvalue weighted by Gasteiger charge is 2.15. The van der Waals surface area contributed by atoms with Gasteiger partial charge in [0.15, 0.2) is 0 Å². The van der Waals surface area contributed by atoms with Crippen LogP contribution in [0.4, 0.5) is 4.39 Å². The van der Waals surface area contributed by atoms with Crippen LogP contribution in [-0.2, 0) is 10.0 Å². The van der Waals surface area contributed by atoms with E-state index >= 15 is 0 Å². The van der Waals surface area contributed by atoms with Crippen LogP contribution in [0.1, 0.15) is 18.1 Å². The van der Waals surface area contributed by atoms with E-state index < -0.39 is 21.9 Å². The minimum absolute atomic E-state index is 0.00363. The van der Waals surface area contributed by atoms with Gasteiger partial charge in [0, 0.05) is 6.54 Å². The Kier molecular flexibility index (Phi) is 4.87. The molecule has 1 unspecified atom stereocenters. The number of thiophene rings is 1. The predicted molar refractivity (Wildman–Crippen MR) is 75.5 cm³/mol. The van der Waals surface area contributed by atoms with Gasteiger partial charge >= 0.3 is 0 Å². The van der Waals surface area contributed by atoms with E-state index in [0.717, 1.165) is 17.7 Å². The smallest absolute Gasteiger partial charge is 0.240 e. The summed E-state index contributed by atoms with van der Waals surface area (Å²) in [5.41, 5.74) is 0.774. The van der Waals surface area contributed by atoms with E-state index in [0.29, 0.717) is 0 Å². The zero-order valence-electron chi connectivity index (χ0n) is 10.5. The number of aliphatic hydroxyl groups is 1. The molecule has 0 bridgehead atoms. The Morgan fingerprint density at radius 3 is 2.55 bits per heavy atom. The van der Waals surface area contributed by atoms with Gasteiger partial charge in [0.2, 0.25) is 10.0 Å². The van der Waals surface area contributed by atoms with E-state index in [9.17, 15) is 17.9 Å². The van der Waals surface area contributed by atoms with Crippen molar-refractivity contribution in [2.45, 2.75) is 17.4 Å². The number of hydrogen-bond donors (Lipinski definition) is 2. The summed E-state index contributed by atoms with van der Waals surface area (Å²) in [6, 6.07) is 6.38. The molecule has 2 rings (SSSR count). The first-order chi connectivity index (χ1) is 9.49. The van der Waals surface area contributed by atoms with Crippen LogP contribution in [0.2, 0.25) is 0 Å². The first kappa shape index (κ1) is 15.1. The van der Waals surface area contributed by atoms with Gasteiger partial charge in [0.05, 0.1) is 11.0 Å². The molecule has 1 atom stereocenters. The molecule has 1 aromatic heterocycles. The Labute approximate surface area is 120 Å². The number of hydrogen-bond acceptors (Lipinski definition) is 4. The van der Waals surface area contributed by atoms with E-state index in [1.807, 2.05) is 10.8 Å². The summed E-state index contributed by atoms with van der Waals surface area (Å²) in [7, 11) is -3.67. The van der Waals surface area contributed by atoms with Gasteiger partial charge in [0.1, 0.15) is 5.82 Å². The van der Waals surface area contributed by atoms with Crippen molar-refractivity contribution in [3.05, 3.63) is 52.5 Å². The van der Waals surface area contributed by atoms with Gasteiger partial charge in [0.25, 0.3) is 0 Å². The molecule has 20 heavy (non-hydrogen) atoms. The van der Waals surface area contributed by atoms with Gasteiger partial charge in [-0.1, -0.05) is 0 Å². The molecule has 1 aromatic carbocycles. The summed E-state index contributed by atoms with van der Waals surface area (Å²) in [5, 5.41) is 13.5. The maximum Gasteiger partial charge on any atom is 0.240 e. The van der Waals surface area contributed by atoms with Gasteiger partial charge in [-0.2, -0.15) is 11.3 Å². The second-order valence-electron chi connectivity index (χ2n) is 4.21. The molecule has 0 amide bonds. The third kappa shape index (κ3) is 3.86. The fourth-order valence-electron chi connectivity index (χ4n) is 1.66. The monoisotopic (exact) mass is 315 g/mol. The summed E-state index contributed by atoms with van der Waals surface area (Å²) in [6.45, 7) is 0.108. The lowest BCUT2D eigenvalue weighted by atomic mass is 10.1. The lowest BCUT2D eigenvalue weighted by Crippen LogP contribution is -2.25. The molecule has 0 aliphatic heterocycles. The van der Waals surface area contributed by atoms with Crippen LogP contribution in [0.15, 0.2) is 46.0 Å². The predicted octanol–water partition coefficient (Wildman–Crippen LogP) is 2.29. The van der Waals surface area contributed by atoms with Crippen molar-refractivity contribution in [1.82, 2.24) is 4.72 Å². The summed E-state index contributed by atoms with van der Waals surface area (Å²) in [5.74, 6) is -0.489. The van der Waals surface area contributed by atoms with Crippen LogP contribution in [0.25, 0.3) is 0 Å². The first-order valence-electron chi connectivity index (χ1n) is 5.94. The molecule has 108 valence electrons. The molecule has 4 nitrogen and oxygen atoms in total. The second-order valence-corrected chi connectivity index (χ2v) is 6.76. The SMILES string of the molecule is O=S(=O)(NCCC(O)c1ccsc1)c1ccc(F)cc1. The lowest BCUT2D eigenvalue weighted by Gasteiger charge is -2.10. The molecule has 7 heteroatoms. The Bertz CT molecular complexity index is 639. The minimum Gasteiger partial charge on any atom is -0.388 e. The van der Waals surface area contributed by atoms with Crippen LogP contribution >= 0.6 is 11.3 Å². The highest BCUT2D eigenvalue weighted by Crippen LogP contribution is 2.19. The van der Waals surface area contributed by atoms with Gasteiger partial charge in [-0.05, 0) is 53.1 Å². The Hall–Kier alpha value is -1.28. The molecule has 0 saturated heterocycles. The van der Waals surface area contributed by atoms with E-state index in [2.05, 4.69) is 4.72 Å². The van der Waals surface area contributed by atoms with Crippen molar-refractivity contribution in [2.24, 2.45) is 0 Å². The summed E-state index contributed by atoms with van der Waals surface area (Å²) in [4.78, 5) is 0.00363. The van der Waals surface area contributed by atoms with Crippen molar-refractivity contribution < 1.29 is 17.9 Å². The highest BCUT2D eigenvalue weighted by molar-refractivity contribution is 7.89. The summed E-state index contributed by atoms with van der Waals surface area (Å²) < 4.78 is 38.9. The first-order valence-corrected chi connectivity index (χ1v) is 8.37. The standard InChI is InChI=1S/C13H14FNO3S2/c14-11-1-3-12(4-2-11)20(17,18)15-7-5-13(16)10-6-8-19-9-10/h1-4,6,8-9,13,15-16H,5,7H2. The largest absolute Gasteiger partial charge is 0.388 e. The van der Waals surface area contributed by atoms with Gasteiger partial charge in [-0.25, -0.2) is 17.5 Å². The topological polar surface area (TPSA) is 66.4 Å². The molecule has 0 aliphatic rings. The summed E-state index contributed by atoms with van der Waals surface area (Å²) in [6.07, 6.45) is -0.422. The molecule has 0 saturated carbocycles. The third-order valence-electron chi connectivity index (χ3n) is 2.76. The van der Waals surface area contributed by atoms with Crippen LogP contribution in [-0.4, -0.2) is 20.1 Å². The van der Waals surface area contributed by atoms with Crippen molar-refractivity contribution in [3.63, 3.8) is 0 Å². The fraction of sp³-hybridized carbons (Fsp3) is 0.231. The molecule has 2 N–H and O–H groups in total. The number of nitrogens with one attached hydrogen (secondary N) is 1. The Morgan fingerprint density at radius 2 is 1.95 bits per heavy atom. The molecule has 0 fully saturated rings. The number of halogens is 1. The summed E-state index contributed by atoms with van der Waals surface area (Å²) >= 11 is 1.47. The number of benzene rings is 1. The molecule has 1 heterocycles. The fourth-order valence-corrected chi connectivity index (χ4v) is 3.41. The zero-order chi connectivity index (χ0) is 14.6. The van der Waals surface area contributed by atoms with Crippen LogP contribution in [0, 0.1) is 5.82 Å². The van der Waals surface area contributed by atoms with E-state index in [4.69, 9.17) is 0 Å². The molecule has 0 aliphatic carbocycles. The normalized spacial score (nSPS) is 13.3. The molecular formula is C13H14FNO3S2. The molecule has 0 spiro atoms. The maximum atomic E-state index is 12.7. The van der Waals surface area contributed by atoms with Crippen LogP contribution in [0.3, 0.4) is 0 Å². The third-order valence-corrected chi connectivity index (χ3v) is 4.94. The van der Waals surface area contributed by atoms with Gasteiger partial charge < -0.3 is 5.11 Å². The van der Waals surface area contributed by atoms with Crippen LogP contribution < -0.4 is 4.72 Å². The average Bonchev–Trinajstić information content (AvgIpc) is 2.93. The highest BCUT2D eigenvalue weighted by atomic mass is 32.2. The Balaban J connectivity index is 1.91. The van der Waals surface area contributed by atoms with Gasteiger partial charge in [-0.15, -0.1) is 0 Å². The number of rotatable bonds is 6. The second kappa shape index (κ2) is 6.45. The lowest BCUT2D eigenvalue weighted by molar-refractivity contribution is 0.169. The van der Waals surface area contributed by atoms with E-state index in [1.165, 1.54) is 23.5 Å².